The van der Waals surface area contributed by atoms with Crippen molar-refractivity contribution in [2.24, 2.45) is 0 Å². The highest BCUT2D eigenvalue weighted by Crippen LogP contribution is 2.21. The fourth-order valence-corrected chi connectivity index (χ4v) is 1.36. The molecule has 0 aliphatic rings. The lowest BCUT2D eigenvalue weighted by molar-refractivity contribution is 0.167. The Kier molecular flexibility index (Phi) is 6.15. The van der Waals surface area contributed by atoms with E-state index in [0.29, 0.717) is 31.3 Å². The fraction of sp³-hybridized carbons (Fsp3) is 0.500. The molecule has 1 rings (SSSR count). The van der Waals surface area contributed by atoms with Gasteiger partial charge >= 0.3 is 0 Å². The first-order valence-electron chi connectivity index (χ1n) is 6.38. The molecule has 0 atom stereocenters. The normalized spacial score (nSPS) is 10.5. The van der Waals surface area contributed by atoms with Crippen molar-refractivity contribution in [3.05, 3.63) is 24.3 Å². The molecule has 0 unspecified atom stereocenters. The number of anilines is 2. The zero-order valence-corrected chi connectivity index (χ0v) is 11.9. The highest BCUT2D eigenvalue weighted by molar-refractivity contribution is 5.53. The number of nitrogen functional groups attached to an aromatic ring is 1. The monoisotopic (exact) mass is 265 g/mol. The molecule has 0 amide bonds. The Balaban J connectivity index is 2.43. The molecule has 0 bridgehead atoms. The minimum Gasteiger partial charge on any atom is -0.473 e. The number of hydrogen-bond acceptors (Lipinski definition) is 5. The van der Waals surface area contributed by atoms with E-state index in [9.17, 15) is 0 Å². The van der Waals surface area contributed by atoms with Crippen molar-refractivity contribution < 1.29 is 9.47 Å². The fourth-order valence-electron chi connectivity index (χ4n) is 1.36. The highest BCUT2D eigenvalue weighted by atomic mass is 16.5. The van der Waals surface area contributed by atoms with Gasteiger partial charge in [-0.1, -0.05) is 12.2 Å². The van der Waals surface area contributed by atoms with Crippen molar-refractivity contribution in [2.75, 3.05) is 30.8 Å². The van der Waals surface area contributed by atoms with E-state index in [1.165, 1.54) is 0 Å². The molecule has 0 saturated heterocycles. The van der Waals surface area contributed by atoms with Crippen LogP contribution in [-0.2, 0) is 4.74 Å². The van der Waals surface area contributed by atoms with Crippen LogP contribution in [0.1, 0.15) is 20.8 Å². The first kappa shape index (κ1) is 15.3. The van der Waals surface area contributed by atoms with Crippen molar-refractivity contribution >= 4 is 11.5 Å². The second-order valence-electron chi connectivity index (χ2n) is 4.69. The van der Waals surface area contributed by atoms with Crippen LogP contribution < -0.4 is 15.8 Å². The molecule has 0 aliphatic carbocycles. The van der Waals surface area contributed by atoms with Gasteiger partial charge in [0.2, 0.25) is 5.88 Å². The third-order valence-corrected chi connectivity index (χ3v) is 2.14. The summed E-state index contributed by atoms with van der Waals surface area (Å²) < 4.78 is 10.9. The van der Waals surface area contributed by atoms with E-state index in [-0.39, 0.29) is 6.10 Å². The lowest BCUT2D eigenvalue weighted by atomic mass is 10.4. The number of nitrogens with two attached hydrogens (primary N) is 1. The smallest absolute Gasteiger partial charge is 0.239 e. The average Bonchev–Trinajstić information content (AvgIpc) is 2.31. The largest absolute Gasteiger partial charge is 0.473 e. The molecule has 1 heterocycles. The summed E-state index contributed by atoms with van der Waals surface area (Å²) in [6, 6.07) is 3.60. The molecular weight excluding hydrogens is 242 g/mol. The highest BCUT2D eigenvalue weighted by Gasteiger charge is 2.06. The van der Waals surface area contributed by atoms with Gasteiger partial charge in [-0.2, -0.15) is 4.98 Å². The quantitative estimate of drug-likeness (QED) is 0.558. The molecule has 106 valence electrons. The van der Waals surface area contributed by atoms with Gasteiger partial charge in [0.1, 0.15) is 5.82 Å². The van der Waals surface area contributed by atoms with E-state index in [1.54, 1.807) is 6.07 Å². The number of pyridine rings is 1. The molecule has 1 aromatic heterocycles. The predicted molar refractivity (Wildman–Crippen MR) is 78.5 cm³/mol. The lowest BCUT2D eigenvalue weighted by Crippen LogP contribution is -2.13. The second-order valence-corrected chi connectivity index (χ2v) is 4.69. The Hall–Kier alpha value is -1.75. The molecule has 3 N–H and O–H groups in total. The van der Waals surface area contributed by atoms with Gasteiger partial charge in [-0.3, -0.25) is 0 Å². The minimum absolute atomic E-state index is 0.0453. The third kappa shape index (κ3) is 6.10. The molecule has 0 aliphatic heterocycles. The molecule has 1 aromatic rings. The number of nitrogens with zero attached hydrogens (tertiary/aromatic N) is 1. The van der Waals surface area contributed by atoms with Crippen LogP contribution in [0.5, 0.6) is 5.88 Å². The van der Waals surface area contributed by atoms with Gasteiger partial charge in [0.05, 0.1) is 25.0 Å². The maximum absolute atomic E-state index is 5.80. The Morgan fingerprint density at radius 2 is 2.21 bits per heavy atom. The molecular formula is C14H23N3O2. The summed E-state index contributed by atoms with van der Waals surface area (Å²) in [4.78, 5) is 4.31. The third-order valence-electron chi connectivity index (χ3n) is 2.14. The van der Waals surface area contributed by atoms with Crippen LogP contribution in [0.25, 0.3) is 0 Å². The van der Waals surface area contributed by atoms with Gasteiger partial charge in [-0.05, 0) is 32.9 Å². The molecule has 0 spiro atoms. The number of aromatic nitrogens is 1. The van der Waals surface area contributed by atoms with Gasteiger partial charge in [0, 0.05) is 6.54 Å². The number of rotatable bonds is 8. The van der Waals surface area contributed by atoms with Crippen molar-refractivity contribution in [3.63, 3.8) is 0 Å². The van der Waals surface area contributed by atoms with E-state index >= 15 is 0 Å². The Labute approximate surface area is 114 Å². The van der Waals surface area contributed by atoms with Gasteiger partial charge in [0.25, 0.3) is 0 Å². The molecule has 5 heteroatoms. The Morgan fingerprint density at radius 1 is 1.47 bits per heavy atom. The van der Waals surface area contributed by atoms with Crippen molar-refractivity contribution in [1.82, 2.24) is 4.98 Å². The summed E-state index contributed by atoms with van der Waals surface area (Å²) in [6.45, 7) is 11.4. The first-order chi connectivity index (χ1) is 8.99. The summed E-state index contributed by atoms with van der Waals surface area (Å²) in [5.74, 6) is 1.19. The van der Waals surface area contributed by atoms with E-state index < -0.39 is 0 Å². The topological polar surface area (TPSA) is 69.4 Å². The Morgan fingerprint density at radius 3 is 2.84 bits per heavy atom. The van der Waals surface area contributed by atoms with Gasteiger partial charge in [-0.25, -0.2) is 0 Å². The summed E-state index contributed by atoms with van der Waals surface area (Å²) in [5.41, 5.74) is 7.35. The summed E-state index contributed by atoms with van der Waals surface area (Å²) >= 11 is 0. The average molecular weight is 265 g/mol. The van der Waals surface area contributed by atoms with Crippen molar-refractivity contribution in [3.8, 4) is 5.88 Å². The molecule has 0 aromatic carbocycles. The number of nitrogens with one attached hydrogen (secondary N) is 1. The lowest BCUT2D eigenvalue weighted by Gasteiger charge is -2.13. The van der Waals surface area contributed by atoms with Crippen LogP contribution in [0.2, 0.25) is 0 Å². The molecule has 0 saturated carbocycles. The van der Waals surface area contributed by atoms with Crippen LogP contribution in [-0.4, -0.2) is 30.8 Å². The van der Waals surface area contributed by atoms with Crippen LogP contribution in [0.15, 0.2) is 24.3 Å². The maximum Gasteiger partial charge on any atom is 0.239 e. The van der Waals surface area contributed by atoms with Crippen LogP contribution in [0, 0.1) is 0 Å². The Bertz CT molecular complexity index is 419. The van der Waals surface area contributed by atoms with Gasteiger partial charge < -0.3 is 20.5 Å². The van der Waals surface area contributed by atoms with Crippen molar-refractivity contribution in [2.45, 2.75) is 26.9 Å². The van der Waals surface area contributed by atoms with E-state index in [0.717, 1.165) is 11.4 Å². The summed E-state index contributed by atoms with van der Waals surface area (Å²) in [6.07, 6.45) is 0.0453. The van der Waals surface area contributed by atoms with Crippen molar-refractivity contribution in [1.29, 1.82) is 0 Å². The van der Waals surface area contributed by atoms with E-state index in [1.807, 2.05) is 26.8 Å². The zero-order valence-electron chi connectivity index (χ0n) is 11.9. The zero-order chi connectivity index (χ0) is 14.3. The summed E-state index contributed by atoms with van der Waals surface area (Å²) in [5, 5.41) is 3.16. The molecule has 0 fully saturated rings. The molecule has 19 heavy (non-hydrogen) atoms. The van der Waals surface area contributed by atoms with Crippen LogP contribution in [0.4, 0.5) is 11.5 Å². The second kappa shape index (κ2) is 7.63. The standard InChI is InChI=1S/C14H23N3O2/c1-10(2)9-18-8-7-16-13-6-5-12(15)14(17-13)19-11(3)4/h5-6,11H,1,7-9,15H2,2-4H3,(H,16,17). The molecule has 0 radical (unpaired) electrons. The SMILES string of the molecule is C=C(C)COCCNc1ccc(N)c(OC(C)C)n1. The van der Waals surface area contributed by atoms with E-state index in [4.69, 9.17) is 15.2 Å². The predicted octanol–water partition coefficient (Wildman–Crippen LogP) is 2.46. The van der Waals surface area contributed by atoms with Crippen LogP contribution in [0.3, 0.4) is 0 Å². The number of hydrogen-bond donors (Lipinski definition) is 2. The maximum atomic E-state index is 5.80. The first-order valence-corrected chi connectivity index (χ1v) is 6.38. The number of ether oxygens (including phenoxy) is 2. The van der Waals surface area contributed by atoms with Gasteiger partial charge in [-0.15, -0.1) is 0 Å². The van der Waals surface area contributed by atoms with E-state index in [2.05, 4.69) is 16.9 Å². The molecule has 5 nitrogen and oxygen atoms in total. The van der Waals surface area contributed by atoms with Crippen LogP contribution >= 0.6 is 0 Å². The van der Waals surface area contributed by atoms with Gasteiger partial charge in [0.15, 0.2) is 0 Å². The summed E-state index contributed by atoms with van der Waals surface area (Å²) in [7, 11) is 0. The minimum atomic E-state index is 0.0453.